The third-order valence-electron chi connectivity index (χ3n) is 3.89. The largest absolute Gasteiger partial charge is 0.460 e. The number of alkyl halides is 11. The molecule has 0 amide bonds. The lowest BCUT2D eigenvalue weighted by Crippen LogP contribution is -2.67. The second kappa shape index (κ2) is 7.54. The molecule has 0 heterocycles. The Morgan fingerprint density at radius 1 is 0.900 bits per heavy atom. The van der Waals surface area contributed by atoms with Crippen LogP contribution in [0.1, 0.15) is 25.8 Å². The Balaban J connectivity index is 3.35. The van der Waals surface area contributed by atoms with Crippen LogP contribution < -0.4 is 4.74 Å². The molecule has 1 aromatic rings. The summed E-state index contributed by atoms with van der Waals surface area (Å²) < 4.78 is 148. The van der Waals surface area contributed by atoms with Crippen molar-refractivity contribution in [2.75, 3.05) is 0 Å². The van der Waals surface area contributed by atoms with Crippen LogP contribution in [0.25, 0.3) is 0 Å². The maximum absolute atomic E-state index is 13.9. The lowest BCUT2D eigenvalue weighted by molar-refractivity contribution is -0.424. The fourth-order valence-electron chi connectivity index (χ4n) is 2.31. The Hall–Kier alpha value is -2.12. The van der Waals surface area contributed by atoms with Crippen molar-refractivity contribution >= 4 is 5.97 Å². The van der Waals surface area contributed by atoms with Crippen LogP contribution in [0.4, 0.5) is 48.3 Å². The highest BCUT2D eigenvalue weighted by atomic mass is 19.4. The van der Waals surface area contributed by atoms with E-state index < -0.39 is 53.4 Å². The highest BCUT2D eigenvalue weighted by Gasteiger charge is 2.87. The van der Waals surface area contributed by atoms with Gasteiger partial charge in [-0.15, -0.1) is 0 Å². The van der Waals surface area contributed by atoms with E-state index in [1.165, 1.54) is 0 Å². The fourth-order valence-corrected chi connectivity index (χ4v) is 2.31. The molecule has 0 bridgehead atoms. The van der Waals surface area contributed by atoms with Gasteiger partial charge in [0.25, 0.3) is 0 Å². The summed E-state index contributed by atoms with van der Waals surface area (Å²) in [5.41, 5.74) is -3.85. The molecular weight excluding hydrogens is 449 g/mol. The number of rotatable bonds is 7. The zero-order valence-corrected chi connectivity index (χ0v) is 14.9. The van der Waals surface area contributed by atoms with Crippen molar-refractivity contribution in [1.82, 2.24) is 0 Å². The maximum Gasteiger partial charge on any atom is 0.460 e. The Morgan fingerprint density at radius 3 is 1.83 bits per heavy atom. The average molecular weight is 462 g/mol. The Labute approximate surface area is 161 Å². The lowest BCUT2D eigenvalue weighted by atomic mass is 9.85. The van der Waals surface area contributed by atoms with E-state index in [0.717, 1.165) is 25.1 Å². The first-order chi connectivity index (χ1) is 13.1. The van der Waals surface area contributed by atoms with Crippen LogP contribution in [-0.2, 0) is 10.4 Å². The molecule has 0 radical (unpaired) electrons. The Kier molecular flexibility index (Phi) is 6.51. The van der Waals surface area contributed by atoms with Crippen LogP contribution in [-0.4, -0.2) is 40.9 Å². The predicted molar refractivity (Wildman–Crippen MR) is 77.8 cm³/mol. The van der Waals surface area contributed by atoms with Gasteiger partial charge >= 0.3 is 35.8 Å². The molecule has 0 saturated carbocycles. The monoisotopic (exact) mass is 462 g/mol. The molecule has 1 aromatic carbocycles. The van der Waals surface area contributed by atoms with E-state index >= 15 is 0 Å². The van der Waals surface area contributed by atoms with E-state index in [1.807, 2.05) is 0 Å². The molecule has 0 aromatic heterocycles. The normalized spacial score (nSPS) is 16.2. The van der Waals surface area contributed by atoms with Crippen LogP contribution in [0.15, 0.2) is 24.3 Å². The molecule has 0 aliphatic carbocycles. The summed E-state index contributed by atoms with van der Waals surface area (Å²) >= 11 is 0. The van der Waals surface area contributed by atoms with Gasteiger partial charge in [-0.3, -0.25) is 4.79 Å². The maximum atomic E-state index is 13.9. The third kappa shape index (κ3) is 4.47. The SMILES string of the molecule is CC(=O)Oc1cccc(C(C)(O)CC(F)(F)C(F)(F)C(F)(F)C(F)(F)C(F)(F)F)c1. The molecule has 0 aliphatic heterocycles. The van der Waals surface area contributed by atoms with E-state index in [-0.39, 0.29) is 5.75 Å². The molecule has 1 rings (SSSR count). The molecule has 3 nitrogen and oxygen atoms in total. The highest BCUT2D eigenvalue weighted by Crippen LogP contribution is 2.59. The number of benzene rings is 1. The smallest absolute Gasteiger partial charge is 0.427 e. The van der Waals surface area contributed by atoms with Crippen LogP contribution in [0.5, 0.6) is 5.75 Å². The molecule has 172 valence electrons. The van der Waals surface area contributed by atoms with E-state index in [4.69, 9.17) is 0 Å². The van der Waals surface area contributed by atoms with Crippen molar-refractivity contribution < 1.29 is 62.9 Å². The third-order valence-corrected chi connectivity index (χ3v) is 3.89. The number of carbonyl (C=O) groups excluding carboxylic acids is 1. The van der Waals surface area contributed by atoms with E-state index in [0.29, 0.717) is 13.0 Å². The Morgan fingerprint density at radius 2 is 1.40 bits per heavy atom. The summed E-state index contributed by atoms with van der Waals surface area (Å²) in [5, 5.41) is 10.1. The molecule has 0 spiro atoms. The second-order valence-corrected chi connectivity index (χ2v) is 6.50. The van der Waals surface area contributed by atoms with Gasteiger partial charge in [-0.05, 0) is 24.6 Å². The molecule has 0 fully saturated rings. The van der Waals surface area contributed by atoms with Gasteiger partial charge in [-0.1, -0.05) is 12.1 Å². The van der Waals surface area contributed by atoms with Crippen LogP contribution in [0.3, 0.4) is 0 Å². The quantitative estimate of drug-likeness (QED) is 0.339. The first-order valence-electron chi connectivity index (χ1n) is 7.69. The number of ether oxygens (including phenoxy) is 1. The van der Waals surface area contributed by atoms with Gasteiger partial charge in [0.2, 0.25) is 0 Å². The number of carbonyl (C=O) groups is 1. The minimum atomic E-state index is -7.56. The molecule has 0 saturated heterocycles. The molecule has 14 heteroatoms. The van der Waals surface area contributed by atoms with Crippen molar-refractivity contribution in [3.63, 3.8) is 0 Å². The lowest BCUT2D eigenvalue weighted by Gasteiger charge is -2.39. The van der Waals surface area contributed by atoms with Gasteiger partial charge in [-0.25, -0.2) is 0 Å². The molecule has 30 heavy (non-hydrogen) atoms. The topological polar surface area (TPSA) is 46.5 Å². The molecular formula is C16H13F11O3. The van der Waals surface area contributed by atoms with Crippen LogP contribution in [0, 0.1) is 0 Å². The van der Waals surface area contributed by atoms with Gasteiger partial charge in [0.15, 0.2) is 0 Å². The number of hydrogen-bond donors (Lipinski definition) is 1. The number of aliphatic hydroxyl groups is 1. The highest BCUT2D eigenvalue weighted by molar-refractivity contribution is 5.69. The first-order valence-corrected chi connectivity index (χ1v) is 7.69. The molecule has 1 atom stereocenters. The minimum absolute atomic E-state index is 0.385. The van der Waals surface area contributed by atoms with E-state index in [2.05, 4.69) is 4.74 Å². The van der Waals surface area contributed by atoms with Crippen molar-refractivity contribution in [3.05, 3.63) is 29.8 Å². The first kappa shape index (κ1) is 25.9. The van der Waals surface area contributed by atoms with Crippen molar-refractivity contribution in [3.8, 4) is 5.75 Å². The summed E-state index contributed by atoms with van der Waals surface area (Å²) in [6.07, 6.45) is -9.95. The zero-order chi connectivity index (χ0) is 24.0. The number of halogens is 11. The summed E-state index contributed by atoms with van der Waals surface area (Å²) in [4.78, 5) is 10.9. The number of esters is 1. The zero-order valence-electron chi connectivity index (χ0n) is 14.9. The van der Waals surface area contributed by atoms with Crippen LogP contribution >= 0.6 is 0 Å². The van der Waals surface area contributed by atoms with Crippen molar-refractivity contribution in [1.29, 1.82) is 0 Å². The molecule has 0 aliphatic rings. The number of hydrogen-bond acceptors (Lipinski definition) is 3. The van der Waals surface area contributed by atoms with Gasteiger partial charge in [-0.2, -0.15) is 48.3 Å². The summed E-state index contributed by atoms with van der Waals surface area (Å²) in [5.74, 6) is -29.8. The summed E-state index contributed by atoms with van der Waals surface area (Å²) in [6.45, 7) is 1.31. The summed E-state index contributed by atoms with van der Waals surface area (Å²) in [7, 11) is 0. The van der Waals surface area contributed by atoms with Gasteiger partial charge < -0.3 is 9.84 Å². The van der Waals surface area contributed by atoms with E-state index in [1.54, 1.807) is 0 Å². The van der Waals surface area contributed by atoms with Gasteiger partial charge in [0, 0.05) is 6.92 Å². The van der Waals surface area contributed by atoms with Crippen molar-refractivity contribution in [2.24, 2.45) is 0 Å². The predicted octanol–water partition coefficient (Wildman–Crippen LogP) is 5.31. The van der Waals surface area contributed by atoms with Gasteiger partial charge in [0.1, 0.15) is 5.75 Å². The molecule has 1 unspecified atom stereocenters. The van der Waals surface area contributed by atoms with Crippen LogP contribution in [0.2, 0.25) is 0 Å². The minimum Gasteiger partial charge on any atom is -0.427 e. The van der Waals surface area contributed by atoms with Crippen molar-refractivity contribution in [2.45, 2.75) is 55.7 Å². The fraction of sp³-hybridized carbons (Fsp3) is 0.562. The second-order valence-electron chi connectivity index (χ2n) is 6.50. The standard InChI is InChI=1S/C16H13F11O3/c1-8(28)30-10-5-3-4-9(6-10)11(2,29)7-12(17,18)13(19,20)14(21,22)15(23,24)16(25,26)27/h3-6,29H,7H2,1-2H3. The molecule has 1 N–H and O–H groups in total. The summed E-state index contributed by atoms with van der Waals surface area (Å²) in [6, 6.07) is 3.53. The Bertz CT molecular complexity index is 785. The van der Waals surface area contributed by atoms with E-state index in [9.17, 15) is 58.2 Å². The average Bonchev–Trinajstić information content (AvgIpc) is 2.51. The van der Waals surface area contributed by atoms with Gasteiger partial charge in [0.05, 0.1) is 12.0 Å².